The molecule has 4 nitrogen and oxygen atoms in total. The molecule has 0 saturated carbocycles. The average Bonchev–Trinajstić information content (AvgIpc) is 2.58. The van der Waals surface area contributed by atoms with Crippen molar-refractivity contribution in [3.05, 3.63) is 58.9 Å². The second-order valence-corrected chi connectivity index (χ2v) is 7.17. The smallest absolute Gasteiger partial charge is 0.173 e. The molecule has 0 spiro atoms. The number of hydrogen-bond acceptors (Lipinski definition) is 3. The maximum absolute atomic E-state index is 6.13. The lowest BCUT2D eigenvalue weighted by Gasteiger charge is -2.33. The van der Waals surface area contributed by atoms with Crippen LogP contribution in [-0.4, -0.2) is 47.1 Å². The van der Waals surface area contributed by atoms with Crippen molar-refractivity contribution in [2.24, 2.45) is 0 Å². The molecule has 0 aliphatic heterocycles. The van der Waals surface area contributed by atoms with Gasteiger partial charge in [-0.25, -0.2) is 0 Å². The van der Waals surface area contributed by atoms with E-state index in [1.54, 1.807) is 6.20 Å². The summed E-state index contributed by atoms with van der Waals surface area (Å²) >= 11 is 11.9. The van der Waals surface area contributed by atoms with Crippen LogP contribution in [0.4, 0.5) is 5.69 Å². The fourth-order valence-corrected chi connectivity index (χ4v) is 3.03. The first-order valence-corrected chi connectivity index (χ1v) is 9.05. The molecule has 1 heterocycles. The number of nitrogens with zero attached hydrogens (tertiary/aromatic N) is 3. The van der Waals surface area contributed by atoms with Gasteiger partial charge in [-0.1, -0.05) is 23.7 Å². The Morgan fingerprint density at radius 3 is 2.68 bits per heavy atom. The molecule has 2 rings (SSSR count). The summed E-state index contributed by atoms with van der Waals surface area (Å²) in [5, 5.41) is 4.73. The van der Waals surface area contributed by atoms with Crippen LogP contribution in [0.5, 0.6) is 0 Å². The highest BCUT2D eigenvalue weighted by Gasteiger charge is 2.19. The van der Waals surface area contributed by atoms with E-state index in [0.717, 1.165) is 29.9 Å². The minimum absolute atomic E-state index is 0.119. The molecule has 0 aliphatic carbocycles. The van der Waals surface area contributed by atoms with Gasteiger partial charge in [-0.3, -0.25) is 4.98 Å². The van der Waals surface area contributed by atoms with Gasteiger partial charge in [0.25, 0.3) is 0 Å². The highest BCUT2D eigenvalue weighted by molar-refractivity contribution is 7.80. The highest BCUT2D eigenvalue weighted by atomic mass is 35.5. The van der Waals surface area contributed by atoms with Crippen LogP contribution in [-0.2, 0) is 0 Å². The molecule has 0 radical (unpaired) electrons. The topological polar surface area (TPSA) is 31.4 Å². The third kappa shape index (κ3) is 5.66. The molecule has 0 saturated heterocycles. The first-order chi connectivity index (χ1) is 11.9. The molecule has 0 unspecified atom stereocenters. The molecule has 1 N–H and O–H groups in total. The summed E-state index contributed by atoms with van der Waals surface area (Å²) < 4.78 is 0. The van der Waals surface area contributed by atoms with Gasteiger partial charge in [0.2, 0.25) is 0 Å². The molecule has 25 heavy (non-hydrogen) atoms. The zero-order valence-corrected chi connectivity index (χ0v) is 16.7. The Bertz CT molecular complexity index is 706. The van der Waals surface area contributed by atoms with Crippen LogP contribution in [0, 0.1) is 6.92 Å². The summed E-state index contributed by atoms with van der Waals surface area (Å²) in [6.07, 6.45) is 3.67. The van der Waals surface area contributed by atoms with Gasteiger partial charge in [-0.15, -0.1) is 0 Å². The van der Waals surface area contributed by atoms with Gasteiger partial charge < -0.3 is 15.1 Å². The van der Waals surface area contributed by atoms with Crippen molar-refractivity contribution in [1.29, 1.82) is 0 Å². The number of hydrogen-bond donors (Lipinski definition) is 1. The molecule has 1 aromatic heterocycles. The molecular weight excluding hydrogens is 352 g/mol. The van der Waals surface area contributed by atoms with Gasteiger partial charge >= 0.3 is 0 Å². The third-order valence-electron chi connectivity index (χ3n) is 4.12. The number of benzene rings is 1. The molecule has 1 atom stereocenters. The number of halogens is 1. The lowest BCUT2D eigenvalue weighted by molar-refractivity contribution is 0.289. The summed E-state index contributed by atoms with van der Waals surface area (Å²) in [6.45, 7) is 5.90. The van der Waals surface area contributed by atoms with Crippen LogP contribution in [0.3, 0.4) is 0 Å². The fraction of sp³-hybridized carbons (Fsp3) is 0.368. The second kappa shape index (κ2) is 9.13. The molecule has 134 valence electrons. The molecule has 0 aliphatic rings. The predicted molar refractivity (Wildman–Crippen MR) is 110 cm³/mol. The van der Waals surface area contributed by atoms with Crippen molar-refractivity contribution in [3.8, 4) is 0 Å². The summed E-state index contributed by atoms with van der Waals surface area (Å²) in [7, 11) is 4.12. The number of pyridine rings is 1. The number of aryl methyl sites for hydroxylation is 1. The Morgan fingerprint density at radius 2 is 2.04 bits per heavy atom. The average molecular weight is 377 g/mol. The molecular formula is C19H25ClN4S. The van der Waals surface area contributed by atoms with Crippen LogP contribution in [0.25, 0.3) is 0 Å². The molecule has 2 aromatic rings. The number of anilines is 1. The summed E-state index contributed by atoms with van der Waals surface area (Å²) in [6, 6.07) is 9.92. The molecule has 6 heteroatoms. The zero-order valence-electron chi connectivity index (χ0n) is 15.2. The first-order valence-electron chi connectivity index (χ1n) is 8.27. The number of likely N-dealkylation sites (N-methyl/N-ethyl adjacent to an activating group) is 1. The Labute approximate surface area is 160 Å². The van der Waals surface area contributed by atoms with E-state index in [1.165, 1.54) is 0 Å². The van der Waals surface area contributed by atoms with Crippen molar-refractivity contribution in [1.82, 2.24) is 14.8 Å². The third-order valence-corrected chi connectivity index (χ3v) is 4.70. The van der Waals surface area contributed by atoms with E-state index in [1.807, 2.05) is 37.4 Å². The summed E-state index contributed by atoms with van der Waals surface area (Å²) in [5.74, 6) is 0. The summed E-state index contributed by atoms with van der Waals surface area (Å²) in [5.41, 5.74) is 3.17. The quantitative estimate of drug-likeness (QED) is 0.757. The number of aromatic nitrogens is 1. The van der Waals surface area contributed by atoms with E-state index < -0.39 is 0 Å². The first kappa shape index (κ1) is 19.6. The van der Waals surface area contributed by atoms with Gasteiger partial charge in [-0.2, -0.15) is 0 Å². The van der Waals surface area contributed by atoms with Crippen LogP contribution >= 0.6 is 23.8 Å². The number of thiocarbonyl (C=S) groups is 1. The van der Waals surface area contributed by atoms with Gasteiger partial charge in [0, 0.05) is 36.2 Å². The Hall–Kier alpha value is -1.69. The predicted octanol–water partition coefficient (Wildman–Crippen LogP) is 4.37. The van der Waals surface area contributed by atoms with Crippen LogP contribution in [0.15, 0.2) is 42.7 Å². The number of nitrogens with one attached hydrogen (secondary N) is 1. The second-order valence-electron chi connectivity index (χ2n) is 6.35. The SMILES string of the molecule is Cc1ccc(Cl)cc1NC(=S)N(CCN(C)C)[C@@H](C)c1cccnc1. The van der Waals surface area contributed by atoms with Gasteiger partial charge in [0.15, 0.2) is 5.11 Å². The van der Waals surface area contributed by atoms with Crippen molar-refractivity contribution >= 4 is 34.6 Å². The summed E-state index contributed by atoms with van der Waals surface area (Å²) in [4.78, 5) is 8.57. The minimum Gasteiger partial charge on any atom is -0.341 e. The fourth-order valence-electron chi connectivity index (χ4n) is 2.50. The lowest BCUT2D eigenvalue weighted by atomic mass is 10.1. The largest absolute Gasteiger partial charge is 0.341 e. The minimum atomic E-state index is 0.119. The Balaban J connectivity index is 2.21. The van der Waals surface area contributed by atoms with E-state index in [4.69, 9.17) is 23.8 Å². The highest BCUT2D eigenvalue weighted by Crippen LogP contribution is 2.24. The molecule has 0 bridgehead atoms. The van der Waals surface area contributed by atoms with Gasteiger partial charge in [-0.05, 0) is 69.5 Å². The normalized spacial score (nSPS) is 12.1. The van der Waals surface area contributed by atoms with Gasteiger partial charge in [0.1, 0.15) is 0 Å². The molecule has 0 fully saturated rings. The Morgan fingerprint density at radius 1 is 1.28 bits per heavy atom. The van der Waals surface area contributed by atoms with E-state index in [-0.39, 0.29) is 6.04 Å². The molecule has 1 aromatic carbocycles. The van der Waals surface area contributed by atoms with Crippen molar-refractivity contribution in [2.75, 3.05) is 32.5 Å². The van der Waals surface area contributed by atoms with E-state index in [9.17, 15) is 0 Å². The van der Waals surface area contributed by atoms with E-state index in [0.29, 0.717) is 10.1 Å². The lowest BCUT2D eigenvalue weighted by Crippen LogP contribution is -2.41. The monoisotopic (exact) mass is 376 g/mol. The van der Waals surface area contributed by atoms with E-state index in [2.05, 4.69) is 47.2 Å². The van der Waals surface area contributed by atoms with Crippen molar-refractivity contribution in [2.45, 2.75) is 19.9 Å². The van der Waals surface area contributed by atoms with Gasteiger partial charge in [0.05, 0.1) is 6.04 Å². The van der Waals surface area contributed by atoms with Crippen LogP contribution in [0.1, 0.15) is 24.1 Å². The van der Waals surface area contributed by atoms with Crippen molar-refractivity contribution < 1.29 is 0 Å². The number of rotatable bonds is 6. The van der Waals surface area contributed by atoms with Crippen molar-refractivity contribution in [3.63, 3.8) is 0 Å². The van der Waals surface area contributed by atoms with Crippen LogP contribution in [0.2, 0.25) is 5.02 Å². The standard InChI is InChI=1S/C19H25ClN4S/c1-14-7-8-17(20)12-18(14)22-19(25)24(11-10-23(3)4)15(2)16-6-5-9-21-13-16/h5-9,12-13,15H,10-11H2,1-4H3,(H,22,25)/t15-/m0/s1. The Kier molecular flexibility index (Phi) is 7.17. The molecule has 0 amide bonds. The zero-order chi connectivity index (χ0) is 18.4. The van der Waals surface area contributed by atoms with Crippen LogP contribution < -0.4 is 5.32 Å². The maximum atomic E-state index is 6.13. The van der Waals surface area contributed by atoms with E-state index >= 15 is 0 Å². The maximum Gasteiger partial charge on any atom is 0.173 e.